The van der Waals surface area contributed by atoms with Crippen molar-refractivity contribution in [2.75, 3.05) is 9.80 Å². The number of anilines is 6. The van der Waals surface area contributed by atoms with E-state index in [1.807, 2.05) is 82.6 Å². The molecule has 0 unspecified atom stereocenters. The zero-order chi connectivity index (χ0) is 32.7. The molecule has 230 valence electrons. The number of non-ortho nitro benzene ring substituents is 2. The van der Waals surface area contributed by atoms with Crippen LogP contribution in [0.3, 0.4) is 0 Å². The number of benzene rings is 6. The van der Waals surface area contributed by atoms with Gasteiger partial charge >= 0.3 is 0 Å². The van der Waals surface area contributed by atoms with E-state index < -0.39 is 5.41 Å². The molecular weight excluding hydrogens is 588 g/mol. The van der Waals surface area contributed by atoms with Crippen LogP contribution in [0.4, 0.5) is 45.5 Å². The highest BCUT2D eigenvalue weighted by Gasteiger charge is 2.37. The number of rotatable bonds is 8. The van der Waals surface area contributed by atoms with Crippen molar-refractivity contribution in [3.8, 4) is 11.1 Å². The van der Waals surface area contributed by atoms with Gasteiger partial charge in [-0.3, -0.25) is 20.2 Å². The Balaban J connectivity index is 1.34. The minimum Gasteiger partial charge on any atom is -0.310 e. The molecule has 1 aliphatic carbocycles. The van der Waals surface area contributed by atoms with Crippen LogP contribution in [0, 0.1) is 20.2 Å². The molecule has 0 saturated carbocycles. The Hall–Kier alpha value is -6.28. The average molecular weight is 619 g/mol. The molecule has 0 fully saturated rings. The summed E-state index contributed by atoms with van der Waals surface area (Å²) < 4.78 is 0. The number of hydrogen-bond donors (Lipinski definition) is 0. The van der Waals surface area contributed by atoms with E-state index in [1.165, 1.54) is 12.1 Å². The Bertz CT molecular complexity index is 2000. The summed E-state index contributed by atoms with van der Waals surface area (Å²) in [7, 11) is 0. The molecule has 1 aliphatic rings. The molecule has 8 heteroatoms. The molecule has 0 heterocycles. The second kappa shape index (κ2) is 11.6. The fourth-order valence-corrected chi connectivity index (χ4v) is 6.53. The summed E-state index contributed by atoms with van der Waals surface area (Å²) in [6.07, 6.45) is 0. The van der Waals surface area contributed by atoms with Crippen LogP contribution in [0.15, 0.2) is 146 Å². The van der Waals surface area contributed by atoms with Gasteiger partial charge in [0.15, 0.2) is 0 Å². The maximum atomic E-state index is 11.7. The van der Waals surface area contributed by atoms with Gasteiger partial charge in [0, 0.05) is 52.4 Å². The fourth-order valence-electron chi connectivity index (χ4n) is 6.53. The van der Waals surface area contributed by atoms with Gasteiger partial charge in [0.1, 0.15) is 0 Å². The third kappa shape index (κ3) is 5.25. The highest BCUT2D eigenvalue weighted by Crippen LogP contribution is 2.52. The molecule has 7 rings (SSSR count). The van der Waals surface area contributed by atoms with E-state index in [1.54, 1.807) is 24.3 Å². The molecule has 8 nitrogen and oxygen atoms in total. The molecule has 0 amide bonds. The van der Waals surface area contributed by atoms with Crippen LogP contribution in [0.25, 0.3) is 11.1 Å². The maximum absolute atomic E-state index is 11.7. The highest BCUT2D eigenvalue weighted by molar-refractivity contribution is 5.88. The van der Waals surface area contributed by atoms with Crippen molar-refractivity contribution in [3.05, 3.63) is 177 Å². The van der Waals surface area contributed by atoms with Crippen LogP contribution < -0.4 is 9.80 Å². The predicted octanol–water partition coefficient (Wildman–Crippen LogP) is 10.7. The highest BCUT2D eigenvalue weighted by atomic mass is 16.6. The molecule has 0 saturated heterocycles. The molecule has 0 bridgehead atoms. The normalized spacial score (nSPS) is 12.6. The van der Waals surface area contributed by atoms with Gasteiger partial charge < -0.3 is 9.80 Å². The largest absolute Gasteiger partial charge is 0.310 e. The first-order chi connectivity index (χ1) is 22.7. The molecular formula is C39H30N4O4. The van der Waals surface area contributed by atoms with E-state index in [0.717, 1.165) is 45.0 Å². The Kier molecular flexibility index (Phi) is 7.25. The van der Waals surface area contributed by atoms with Gasteiger partial charge in [-0.05, 0) is 82.9 Å². The van der Waals surface area contributed by atoms with E-state index in [4.69, 9.17) is 0 Å². The van der Waals surface area contributed by atoms with Crippen LogP contribution in [-0.4, -0.2) is 9.85 Å². The van der Waals surface area contributed by atoms with E-state index in [-0.39, 0.29) is 21.2 Å². The summed E-state index contributed by atoms with van der Waals surface area (Å²) in [6.45, 7) is 4.40. The van der Waals surface area contributed by atoms with Crippen LogP contribution >= 0.6 is 0 Å². The average Bonchev–Trinajstić information content (AvgIpc) is 3.31. The van der Waals surface area contributed by atoms with E-state index in [9.17, 15) is 20.2 Å². The third-order valence-electron chi connectivity index (χ3n) is 8.79. The molecule has 47 heavy (non-hydrogen) atoms. The maximum Gasteiger partial charge on any atom is 0.271 e. The van der Waals surface area contributed by atoms with Crippen molar-refractivity contribution < 1.29 is 9.85 Å². The minimum absolute atomic E-state index is 0.0246. The first-order valence-electron chi connectivity index (χ1n) is 15.2. The van der Waals surface area contributed by atoms with Crippen molar-refractivity contribution in [2.24, 2.45) is 0 Å². The summed E-state index contributed by atoms with van der Waals surface area (Å²) in [5.41, 5.74) is 9.09. The van der Waals surface area contributed by atoms with Crippen molar-refractivity contribution in [3.63, 3.8) is 0 Å². The quantitative estimate of drug-likeness (QED) is 0.124. The molecule has 0 atom stereocenters. The standard InChI is InChI=1S/C39H30N4O4/c1-39(2)37-25-31(40(27-11-5-3-6-12-27)29-15-9-17-33(23-29)42(44)45)19-21-35(37)36-22-20-32(26-38(36)39)41(28-13-7-4-8-14-28)30-16-10-18-34(24-30)43(46)47/h3-26H,1-2H3. The zero-order valence-corrected chi connectivity index (χ0v) is 25.8. The summed E-state index contributed by atoms with van der Waals surface area (Å²) in [4.78, 5) is 26.7. The van der Waals surface area contributed by atoms with Crippen LogP contribution in [0.1, 0.15) is 25.0 Å². The summed E-state index contributed by atoms with van der Waals surface area (Å²) in [5.74, 6) is 0. The Morgan fingerprint density at radius 2 is 0.809 bits per heavy atom. The molecule has 0 spiro atoms. The number of para-hydroxylation sites is 2. The lowest BCUT2D eigenvalue weighted by Crippen LogP contribution is -2.17. The topological polar surface area (TPSA) is 92.8 Å². The van der Waals surface area contributed by atoms with Crippen LogP contribution in [-0.2, 0) is 5.41 Å². The summed E-state index contributed by atoms with van der Waals surface area (Å²) in [6, 6.07) is 45.7. The molecule has 6 aromatic rings. The monoisotopic (exact) mass is 618 g/mol. The predicted molar refractivity (Wildman–Crippen MR) is 187 cm³/mol. The third-order valence-corrected chi connectivity index (χ3v) is 8.79. The minimum atomic E-state index is -0.396. The zero-order valence-electron chi connectivity index (χ0n) is 25.8. The van der Waals surface area contributed by atoms with E-state index in [0.29, 0.717) is 11.4 Å². The number of nitro benzene ring substituents is 2. The first kappa shape index (κ1) is 29.4. The van der Waals surface area contributed by atoms with Gasteiger partial charge in [-0.2, -0.15) is 0 Å². The molecule has 6 aromatic carbocycles. The number of fused-ring (bicyclic) bond motifs is 3. The first-order valence-corrected chi connectivity index (χ1v) is 15.2. The second-order valence-electron chi connectivity index (χ2n) is 12.0. The van der Waals surface area contributed by atoms with E-state index in [2.05, 4.69) is 50.2 Å². The van der Waals surface area contributed by atoms with Crippen LogP contribution in [0.5, 0.6) is 0 Å². The number of nitro groups is 2. The van der Waals surface area contributed by atoms with E-state index >= 15 is 0 Å². The Morgan fingerprint density at radius 3 is 1.19 bits per heavy atom. The number of hydrogen-bond acceptors (Lipinski definition) is 6. The second-order valence-corrected chi connectivity index (χ2v) is 12.0. The molecule has 0 aromatic heterocycles. The van der Waals surface area contributed by atoms with Gasteiger partial charge in [0.2, 0.25) is 0 Å². The SMILES string of the molecule is CC1(C)c2cc(N(c3ccccc3)c3cccc([N+](=O)[O-])c3)ccc2-c2ccc(N(c3ccccc3)c3cccc([N+](=O)[O-])c3)cc21. The molecule has 0 radical (unpaired) electrons. The lowest BCUT2D eigenvalue weighted by molar-refractivity contribution is -0.385. The fraction of sp³-hybridized carbons (Fsp3) is 0.0769. The van der Waals surface area contributed by atoms with Crippen molar-refractivity contribution in [1.82, 2.24) is 0 Å². The summed E-state index contributed by atoms with van der Waals surface area (Å²) >= 11 is 0. The lowest BCUT2D eigenvalue weighted by atomic mass is 9.82. The van der Waals surface area contributed by atoms with Gasteiger partial charge in [0.05, 0.1) is 21.2 Å². The smallest absolute Gasteiger partial charge is 0.271 e. The number of nitrogens with zero attached hydrogens (tertiary/aromatic N) is 4. The van der Waals surface area contributed by atoms with Crippen molar-refractivity contribution >= 4 is 45.5 Å². The Labute approximate surface area is 272 Å². The van der Waals surface area contributed by atoms with Crippen molar-refractivity contribution in [2.45, 2.75) is 19.3 Å². The van der Waals surface area contributed by atoms with Gasteiger partial charge in [0.25, 0.3) is 11.4 Å². The van der Waals surface area contributed by atoms with Gasteiger partial charge in [-0.1, -0.05) is 74.5 Å². The molecule has 0 aliphatic heterocycles. The Morgan fingerprint density at radius 1 is 0.447 bits per heavy atom. The summed E-state index contributed by atoms with van der Waals surface area (Å²) in [5, 5.41) is 23.3. The van der Waals surface area contributed by atoms with Crippen LogP contribution in [0.2, 0.25) is 0 Å². The van der Waals surface area contributed by atoms with Crippen molar-refractivity contribution in [1.29, 1.82) is 0 Å². The molecule has 0 N–H and O–H groups in total. The van der Waals surface area contributed by atoms with Gasteiger partial charge in [-0.25, -0.2) is 0 Å². The van der Waals surface area contributed by atoms with Gasteiger partial charge in [-0.15, -0.1) is 0 Å². The lowest BCUT2D eigenvalue weighted by Gasteiger charge is -2.29.